The van der Waals surface area contributed by atoms with Gasteiger partial charge in [-0.1, -0.05) is 24.3 Å². The third-order valence-corrected chi connectivity index (χ3v) is 4.80. The minimum absolute atomic E-state index is 0.644. The van der Waals surface area contributed by atoms with E-state index in [1.165, 1.54) is 23.2 Å². The lowest BCUT2D eigenvalue weighted by Gasteiger charge is -2.24. The van der Waals surface area contributed by atoms with E-state index in [1.807, 2.05) is 18.2 Å². The molecule has 0 bridgehead atoms. The van der Waals surface area contributed by atoms with Gasteiger partial charge in [0.15, 0.2) is 0 Å². The highest BCUT2D eigenvalue weighted by molar-refractivity contribution is 5.73. The lowest BCUT2D eigenvalue weighted by Crippen LogP contribution is -2.32. The summed E-state index contributed by atoms with van der Waals surface area (Å²) in [7, 11) is 0. The van der Waals surface area contributed by atoms with Crippen LogP contribution in [0, 0.1) is 11.3 Å². The Hall–Kier alpha value is -2.31. The van der Waals surface area contributed by atoms with Crippen LogP contribution in [0.5, 0.6) is 0 Å². The number of nitrogens with zero attached hydrogens (tertiary/aromatic N) is 2. The molecule has 0 spiro atoms. The third-order valence-electron chi connectivity index (χ3n) is 4.80. The van der Waals surface area contributed by atoms with Gasteiger partial charge < -0.3 is 10.2 Å². The average Bonchev–Trinajstić information content (AvgIpc) is 2.75. The standard InChI is InChI=1S/C19H19N3/c20-13-14-2-1-3-15(10-14)16-4-5-17-11-18-6-7-21-8-9-22(18)19(17)12-16/h1-5,10,12,18,21H,6-9,11H2. The first kappa shape index (κ1) is 13.4. The van der Waals surface area contributed by atoms with Crippen molar-refractivity contribution in [2.45, 2.75) is 18.9 Å². The zero-order chi connectivity index (χ0) is 14.9. The van der Waals surface area contributed by atoms with E-state index in [1.54, 1.807) is 0 Å². The van der Waals surface area contributed by atoms with Gasteiger partial charge in [-0.2, -0.15) is 5.26 Å². The first-order valence-corrected chi connectivity index (χ1v) is 7.96. The highest BCUT2D eigenvalue weighted by Gasteiger charge is 2.30. The summed E-state index contributed by atoms with van der Waals surface area (Å²) in [5, 5.41) is 12.6. The first-order chi connectivity index (χ1) is 10.8. The summed E-state index contributed by atoms with van der Waals surface area (Å²) < 4.78 is 0. The highest BCUT2D eigenvalue weighted by atomic mass is 15.2. The average molecular weight is 289 g/mol. The fourth-order valence-corrected chi connectivity index (χ4v) is 3.67. The molecule has 1 saturated heterocycles. The van der Waals surface area contributed by atoms with Crippen molar-refractivity contribution in [1.82, 2.24) is 5.32 Å². The van der Waals surface area contributed by atoms with Crippen LogP contribution < -0.4 is 10.2 Å². The van der Waals surface area contributed by atoms with Crippen molar-refractivity contribution in [3.8, 4) is 17.2 Å². The van der Waals surface area contributed by atoms with Crippen LogP contribution in [-0.2, 0) is 6.42 Å². The van der Waals surface area contributed by atoms with Gasteiger partial charge in [0, 0.05) is 24.8 Å². The van der Waals surface area contributed by atoms with Crippen LogP contribution in [0.4, 0.5) is 5.69 Å². The van der Waals surface area contributed by atoms with Gasteiger partial charge in [0.1, 0.15) is 0 Å². The van der Waals surface area contributed by atoms with Crippen LogP contribution in [0.3, 0.4) is 0 Å². The van der Waals surface area contributed by atoms with Gasteiger partial charge in [-0.25, -0.2) is 0 Å². The predicted molar refractivity (Wildman–Crippen MR) is 88.9 cm³/mol. The number of rotatable bonds is 1. The van der Waals surface area contributed by atoms with E-state index in [4.69, 9.17) is 5.26 Å². The van der Waals surface area contributed by atoms with Crippen LogP contribution in [0.1, 0.15) is 17.5 Å². The molecule has 1 N–H and O–H groups in total. The number of fused-ring (bicyclic) bond motifs is 3. The van der Waals surface area contributed by atoms with Crippen molar-refractivity contribution >= 4 is 5.69 Å². The van der Waals surface area contributed by atoms with Gasteiger partial charge >= 0.3 is 0 Å². The second-order valence-electron chi connectivity index (χ2n) is 6.13. The maximum atomic E-state index is 9.08. The van der Waals surface area contributed by atoms with Crippen LogP contribution in [0.25, 0.3) is 11.1 Å². The van der Waals surface area contributed by atoms with Crippen molar-refractivity contribution in [2.24, 2.45) is 0 Å². The van der Waals surface area contributed by atoms with E-state index in [0.29, 0.717) is 6.04 Å². The molecule has 0 amide bonds. The quantitative estimate of drug-likeness (QED) is 0.877. The molecule has 110 valence electrons. The SMILES string of the molecule is N#Cc1cccc(-c2ccc3c(c2)N2CCNCCC2C3)c1. The Morgan fingerprint density at radius 1 is 1.09 bits per heavy atom. The Morgan fingerprint density at radius 2 is 2.00 bits per heavy atom. The number of benzene rings is 2. The lowest BCUT2D eigenvalue weighted by molar-refractivity contribution is 0.612. The zero-order valence-electron chi connectivity index (χ0n) is 12.5. The molecule has 0 radical (unpaired) electrons. The summed E-state index contributed by atoms with van der Waals surface area (Å²) >= 11 is 0. The van der Waals surface area contributed by atoms with Gasteiger partial charge in [0.25, 0.3) is 0 Å². The molecule has 0 saturated carbocycles. The van der Waals surface area contributed by atoms with Gasteiger partial charge in [-0.3, -0.25) is 0 Å². The Bertz CT molecular complexity index is 745. The molecule has 1 fully saturated rings. The van der Waals surface area contributed by atoms with Crippen molar-refractivity contribution in [1.29, 1.82) is 5.26 Å². The number of nitrogens with one attached hydrogen (secondary N) is 1. The van der Waals surface area contributed by atoms with Crippen LogP contribution >= 0.6 is 0 Å². The summed E-state index contributed by atoms with van der Waals surface area (Å²) in [6.07, 6.45) is 2.38. The van der Waals surface area contributed by atoms with E-state index < -0.39 is 0 Å². The summed E-state index contributed by atoms with van der Waals surface area (Å²) in [5.41, 5.74) is 5.89. The van der Waals surface area contributed by atoms with E-state index in [9.17, 15) is 0 Å². The number of hydrogen-bond acceptors (Lipinski definition) is 3. The van der Waals surface area contributed by atoms with E-state index in [0.717, 1.165) is 37.2 Å². The Labute approximate surface area is 131 Å². The normalized spacial score (nSPS) is 20.0. The maximum absolute atomic E-state index is 9.08. The molecule has 3 heteroatoms. The smallest absolute Gasteiger partial charge is 0.0991 e. The molecule has 3 nitrogen and oxygen atoms in total. The van der Waals surface area contributed by atoms with E-state index in [2.05, 4.69) is 40.6 Å². The second kappa shape index (κ2) is 5.47. The monoisotopic (exact) mass is 289 g/mol. The van der Waals surface area contributed by atoms with Crippen molar-refractivity contribution in [3.05, 3.63) is 53.6 Å². The Morgan fingerprint density at radius 3 is 2.91 bits per heavy atom. The molecule has 0 aliphatic carbocycles. The van der Waals surface area contributed by atoms with Crippen LogP contribution in [-0.4, -0.2) is 25.7 Å². The molecule has 0 aromatic heterocycles. The van der Waals surface area contributed by atoms with Crippen molar-refractivity contribution in [2.75, 3.05) is 24.5 Å². The number of hydrogen-bond donors (Lipinski definition) is 1. The highest BCUT2D eigenvalue weighted by Crippen LogP contribution is 2.37. The number of nitriles is 1. The number of anilines is 1. The van der Waals surface area contributed by atoms with Crippen molar-refractivity contribution < 1.29 is 0 Å². The van der Waals surface area contributed by atoms with Crippen molar-refractivity contribution in [3.63, 3.8) is 0 Å². The zero-order valence-corrected chi connectivity index (χ0v) is 12.5. The lowest BCUT2D eigenvalue weighted by atomic mass is 10.0. The first-order valence-electron chi connectivity index (χ1n) is 7.96. The van der Waals surface area contributed by atoms with Crippen LogP contribution in [0.15, 0.2) is 42.5 Å². The van der Waals surface area contributed by atoms with E-state index >= 15 is 0 Å². The molecule has 2 aliphatic rings. The molecule has 4 rings (SSSR count). The maximum Gasteiger partial charge on any atom is 0.0991 e. The summed E-state index contributed by atoms with van der Waals surface area (Å²) in [5.74, 6) is 0. The molecule has 2 heterocycles. The molecular weight excluding hydrogens is 270 g/mol. The van der Waals surface area contributed by atoms with Gasteiger partial charge in [-0.15, -0.1) is 0 Å². The molecule has 2 aliphatic heterocycles. The topological polar surface area (TPSA) is 39.1 Å². The molecule has 1 unspecified atom stereocenters. The molecule has 2 aromatic carbocycles. The van der Waals surface area contributed by atoms with Gasteiger partial charge in [0.05, 0.1) is 11.6 Å². The molecule has 22 heavy (non-hydrogen) atoms. The van der Waals surface area contributed by atoms with E-state index in [-0.39, 0.29) is 0 Å². The minimum Gasteiger partial charge on any atom is -0.367 e. The summed E-state index contributed by atoms with van der Waals surface area (Å²) in [6, 6.07) is 17.5. The second-order valence-corrected chi connectivity index (χ2v) is 6.13. The minimum atomic E-state index is 0.644. The fourth-order valence-electron chi connectivity index (χ4n) is 3.67. The third kappa shape index (κ3) is 2.26. The molecule has 1 atom stereocenters. The Balaban J connectivity index is 1.73. The summed E-state index contributed by atoms with van der Waals surface area (Å²) in [6.45, 7) is 3.26. The fraction of sp³-hybridized carbons (Fsp3) is 0.316. The molecular formula is C19H19N3. The van der Waals surface area contributed by atoms with Gasteiger partial charge in [0.2, 0.25) is 0 Å². The van der Waals surface area contributed by atoms with Gasteiger partial charge in [-0.05, 0) is 54.3 Å². The predicted octanol–water partition coefficient (Wildman–Crippen LogP) is 2.95. The largest absolute Gasteiger partial charge is 0.367 e. The Kier molecular flexibility index (Phi) is 3.32. The van der Waals surface area contributed by atoms with Crippen LogP contribution in [0.2, 0.25) is 0 Å². The summed E-state index contributed by atoms with van der Waals surface area (Å²) in [4.78, 5) is 2.56. The molecule has 2 aromatic rings.